The van der Waals surface area contributed by atoms with E-state index in [0.29, 0.717) is 19.3 Å². The summed E-state index contributed by atoms with van der Waals surface area (Å²) >= 11 is 6.12. The molecular formula is C28H22ClF5N4O3. The molecule has 214 valence electrons. The van der Waals surface area contributed by atoms with Gasteiger partial charge in [0.2, 0.25) is 0 Å². The number of likely N-dealkylation sites (N-methyl/N-ethyl adjacent to an activating group) is 1. The standard InChI is InChI=1S/C28H22ClF5N4O3/c1-37-27(10-3-11-27)24(39)22(26(41)38(37)14-16-4-2-5-19(30)23(16)31)25(40)36-20-8-7-17(29)12-18(20)15-6-9-21(35-13-15)28(32,33)34/h2,4-9,12-13,39H,3,10-11,14H2,1H3,(H,36,40). The summed E-state index contributed by atoms with van der Waals surface area (Å²) in [5.74, 6) is -4.65. The average molecular weight is 593 g/mol. The molecular weight excluding hydrogens is 571 g/mol. The Labute approximate surface area is 235 Å². The number of anilines is 1. The minimum atomic E-state index is -4.65. The van der Waals surface area contributed by atoms with Crippen LogP contribution in [0.3, 0.4) is 0 Å². The Morgan fingerprint density at radius 2 is 1.88 bits per heavy atom. The van der Waals surface area contributed by atoms with E-state index in [9.17, 15) is 36.6 Å². The number of aliphatic hydroxyl groups is 1. The molecule has 1 aliphatic heterocycles. The van der Waals surface area contributed by atoms with Crippen molar-refractivity contribution >= 4 is 29.1 Å². The topological polar surface area (TPSA) is 85.8 Å². The maximum atomic E-state index is 14.5. The van der Waals surface area contributed by atoms with Gasteiger partial charge in [0.25, 0.3) is 11.8 Å². The summed E-state index contributed by atoms with van der Waals surface area (Å²) < 4.78 is 67.4. The number of hydrogen-bond acceptors (Lipinski definition) is 5. The summed E-state index contributed by atoms with van der Waals surface area (Å²) in [5, 5.41) is 16.5. The lowest BCUT2D eigenvalue weighted by molar-refractivity contribution is -0.172. The van der Waals surface area contributed by atoms with Crippen LogP contribution in [0.5, 0.6) is 0 Å². The Kier molecular flexibility index (Phi) is 7.24. The SMILES string of the molecule is CN1N(Cc2cccc(F)c2F)C(=O)C(C(=O)Nc2ccc(Cl)cc2-c2ccc(C(F)(F)F)nc2)=C(O)C12CCC2. The zero-order chi connectivity index (χ0) is 29.7. The van der Waals surface area contributed by atoms with Crippen molar-refractivity contribution in [1.29, 1.82) is 0 Å². The van der Waals surface area contributed by atoms with Gasteiger partial charge in [-0.2, -0.15) is 13.2 Å². The minimum Gasteiger partial charge on any atom is -0.509 e. The second-order valence-corrected chi connectivity index (χ2v) is 10.2. The van der Waals surface area contributed by atoms with Crippen LogP contribution in [0.2, 0.25) is 5.02 Å². The van der Waals surface area contributed by atoms with Gasteiger partial charge in [0.1, 0.15) is 17.0 Å². The fourth-order valence-electron chi connectivity index (χ4n) is 5.04. The molecule has 5 rings (SSSR count). The highest BCUT2D eigenvalue weighted by atomic mass is 35.5. The molecule has 0 radical (unpaired) electrons. The average Bonchev–Trinajstić information content (AvgIpc) is 2.89. The second-order valence-electron chi connectivity index (χ2n) is 9.78. The summed E-state index contributed by atoms with van der Waals surface area (Å²) in [4.78, 5) is 30.6. The first kappa shape index (κ1) is 28.5. The number of hydrogen-bond donors (Lipinski definition) is 2. The molecule has 2 aliphatic rings. The van der Waals surface area contributed by atoms with Gasteiger partial charge in [-0.3, -0.25) is 19.6 Å². The molecule has 2 aromatic carbocycles. The molecule has 2 amide bonds. The maximum absolute atomic E-state index is 14.5. The Bertz CT molecular complexity index is 1570. The van der Waals surface area contributed by atoms with Crippen LogP contribution < -0.4 is 5.32 Å². The van der Waals surface area contributed by atoms with E-state index in [1.165, 1.54) is 42.4 Å². The summed E-state index contributed by atoms with van der Waals surface area (Å²) in [7, 11) is 1.52. The van der Waals surface area contributed by atoms with Crippen molar-refractivity contribution in [3.05, 3.63) is 94.0 Å². The first-order valence-corrected chi connectivity index (χ1v) is 12.8. The molecule has 7 nitrogen and oxygen atoms in total. The van der Waals surface area contributed by atoms with E-state index in [4.69, 9.17) is 11.6 Å². The van der Waals surface area contributed by atoms with Gasteiger partial charge in [-0.25, -0.2) is 13.8 Å². The van der Waals surface area contributed by atoms with E-state index < -0.39 is 58.7 Å². The third-order valence-corrected chi connectivity index (χ3v) is 7.70. The predicted octanol–water partition coefficient (Wildman–Crippen LogP) is 6.26. The van der Waals surface area contributed by atoms with Gasteiger partial charge < -0.3 is 10.4 Å². The highest BCUT2D eigenvalue weighted by molar-refractivity contribution is 6.31. The van der Waals surface area contributed by atoms with Crippen LogP contribution in [0.1, 0.15) is 30.5 Å². The van der Waals surface area contributed by atoms with E-state index in [0.717, 1.165) is 29.4 Å². The first-order valence-electron chi connectivity index (χ1n) is 12.4. The Balaban J connectivity index is 1.50. The van der Waals surface area contributed by atoms with Crippen LogP contribution in [-0.4, -0.2) is 44.5 Å². The molecule has 1 fully saturated rings. The van der Waals surface area contributed by atoms with Gasteiger partial charge in [-0.05, 0) is 49.6 Å². The second kappa shape index (κ2) is 10.4. The van der Waals surface area contributed by atoms with Gasteiger partial charge in [-0.1, -0.05) is 29.8 Å². The number of nitrogens with zero attached hydrogens (tertiary/aromatic N) is 3. The highest BCUT2D eigenvalue weighted by Gasteiger charge is 2.54. The van der Waals surface area contributed by atoms with E-state index in [1.807, 2.05) is 0 Å². The Morgan fingerprint density at radius 3 is 2.49 bits per heavy atom. The summed E-state index contributed by atoms with van der Waals surface area (Å²) in [5.41, 5.74) is -2.45. The van der Waals surface area contributed by atoms with Gasteiger partial charge in [0, 0.05) is 40.6 Å². The molecule has 41 heavy (non-hydrogen) atoms. The quantitative estimate of drug-likeness (QED) is 0.270. The van der Waals surface area contributed by atoms with Gasteiger partial charge in [-0.15, -0.1) is 0 Å². The van der Waals surface area contributed by atoms with E-state index in [-0.39, 0.29) is 27.4 Å². The molecule has 0 saturated heterocycles. The number of rotatable bonds is 5. The van der Waals surface area contributed by atoms with Gasteiger partial charge >= 0.3 is 6.18 Å². The van der Waals surface area contributed by atoms with Crippen LogP contribution in [0.4, 0.5) is 27.6 Å². The van der Waals surface area contributed by atoms with Gasteiger partial charge in [0.05, 0.1) is 12.1 Å². The monoisotopic (exact) mass is 592 g/mol. The van der Waals surface area contributed by atoms with Crippen molar-refractivity contribution in [3.8, 4) is 11.1 Å². The number of aliphatic hydroxyl groups excluding tert-OH is 1. The van der Waals surface area contributed by atoms with Gasteiger partial charge in [0.15, 0.2) is 11.6 Å². The maximum Gasteiger partial charge on any atom is 0.433 e. The fraction of sp³-hybridized carbons (Fsp3) is 0.250. The van der Waals surface area contributed by atoms with Crippen molar-refractivity contribution < 1.29 is 36.6 Å². The number of aromatic nitrogens is 1. The third kappa shape index (κ3) is 5.02. The predicted molar refractivity (Wildman–Crippen MR) is 139 cm³/mol. The van der Waals surface area contributed by atoms with E-state index >= 15 is 0 Å². The zero-order valence-electron chi connectivity index (χ0n) is 21.4. The van der Waals surface area contributed by atoms with Crippen molar-refractivity contribution in [2.24, 2.45) is 0 Å². The van der Waals surface area contributed by atoms with E-state index in [1.54, 1.807) is 0 Å². The lowest BCUT2D eigenvalue weighted by Crippen LogP contribution is -2.65. The highest BCUT2D eigenvalue weighted by Crippen LogP contribution is 2.47. The molecule has 3 aromatic rings. The number of carbonyl (C=O) groups is 2. The first-order chi connectivity index (χ1) is 19.3. The molecule has 2 N–H and O–H groups in total. The number of amides is 2. The van der Waals surface area contributed by atoms with E-state index in [2.05, 4.69) is 10.3 Å². The molecule has 1 spiro atoms. The van der Waals surface area contributed by atoms with Crippen LogP contribution >= 0.6 is 11.6 Å². The largest absolute Gasteiger partial charge is 0.509 e. The van der Waals surface area contributed by atoms with Crippen molar-refractivity contribution in [2.75, 3.05) is 12.4 Å². The van der Waals surface area contributed by atoms with Crippen LogP contribution in [-0.2, 0) is 22.3 Å². The fourth-order valence-corrected chi connectivity index (χ4v) is 5.21. The number of halogens is 6. The van der Waals surface area contributed by atoms with Crippen molar-refractivity contribution in [1.82, 2.24) is 15.0 Å². The number of hydrazine groups is 1. The lowest BCUT2D eigenvalue weighted by Gasteiger charge is -2.54. The van der Waals surface area contributed by atoms with Crippen LogP contribution in [0.15, 0.2) is 66.1 Å². The number of benzene rings is 2. The van der Waals surface area contributed by atoms with Crippen molar-refractivity contribution in [3.63, 3.8) is 0 Å². The Hall–Kier alpha value is -4.03. The molecule has 1 aliphatic carbocycles. The molecule has 0 bridgehead atoms. The smallest absolute Gasteiger partial charge is 0.433 e. The third-order valence-electron chi connectivity index (χ3n) is 7.46. The summed E-state index contributed by atoms with van der Waals surface area (Å²) in [6, 6.07) is 9.70. The van der Waals surface area contributed by atoms with Crippen LogP contribution in [0.25, 0.3) is 11.1 Å². The molecule has 0 unspecified atom stereocenters. The van der Waals surface area contributed by atoms with Crippen LogP contribution in [0, 0.1) is 11.6 Å². The molecule has 13 heteroatoms. The number of carbonyl (C=O) groups excluding carboxylic acids is 2. The number of nitrogens with one attached hydrogen (secondary N) is 1. The minimum absolute atomic E-state index is 0.0818. The number of alkyl halides is 3. The summed E-state index contributed by atoms with van der Waals surface area (Å²) in [6.07, 6.45) is -2.21. The Morgan fingerprint density at radius 1 is 1.15 bits per heavy atom. The molecule has 1 saturated carbocycles. The lowest BCUT2D eigenvalue weighted by atomic mass is 9.72. The van der Waals surface area contributed by atoms with Crippen molar-refractivity contribution in [2.45, 2.75) is 37.5 Å². The molecule has 0 atom stereocenters. The number of pyridine rings is 1. The zero-order valence-corrected chi connectivity index (χ0v) is 22.2. The normalized spacial score (nSPS) is 17.1. The molecule has 2 heterocycles. The summed E-state index contributed by atoms with van der Waals surface area (Å²) in [6.45, 7) is -0.409. The molecule has 1 aromatic heterocycles.